The van der Waals surface area contributed by atoms with E-state index in [1.165, 1.54) is 0 Å². The zero-order valence-electron chi connectivity index (χ0n) is 10.1. The molecule has 0 bridgehead atoms. The highest BCUT2D eigenvalue weighted by atomic mass is 16.5. The van der Waals surface area contributed by atoms with Gasteiger partial charge in [-0.25, -0.2) is 0 Å². The maximum Gasteiger partial charge on any atom is 0.165 e. The van der Waals surface area contributed by atoms with Crippen molar-refractivity contribution in [2.45, 2.75) is 32.3 Å². The number of ether oxygens (including phenoxy) is 1. The lowest BCUT2D eigenvalue weighted by Crippen LogP contribution is -2.23. The first-order valence-electron chi connectivity index (χ1n) is 5.39. The summed E-state index contributed by atoms with van der Waals surface area (Å²) in [4.78, 5) is 11.9. The highest BCUT2D eigenvalue weighted by Crippen LogP contribution is 2.19. The number of Topliss-reactive ketones (excluding diaryl/α,β-unsaturated/α-hetero) is 1. The van der Waals surface area contributed by atoms with Crippen molar-refractivity contribution in [3.63, 3.8) is 0 Å². The molecule has 2 N–H and O–H groups in total. The molecule has 1 rings (SSSR count). The van der Waals surface area contributed by atoms with Crippen LogP contribution in [0.2, 0.25) is 0 Å². The third-order valence-corrected chi connectivity index (χ3v) is 2.77. The van der Waals surface area contributed by atoms with Crippen molar-refractivity contribution < 1.29 is 9.53 Å². The topological polar surface area (TPSA) is 52.3 Å². The zero-order valence-corrected chi connectivity index (χ0v) is 10.1. The number of hydrogen-bond acceptors (Lipinski definition) is 3. The van der Waals surface area contributed by atoms with Gasteiger partial charge in [0.05, 0.1) is 5.60 Å². The molecule has 0 fully saturated rings. The summed E-state index contributed by atoms with van der Waals surface area (Å²) in [6, 6.07) is 7.16. The molecule has 3 heteroatoms. The number of nitrogens with two attached hydrogens (primary N) is 1. The van der Waals surface area contributed by atoms with Gasteiger partial charge in [0.25, 0.3) is 0 Å². The Morgan fingerprint density at radius 1 is 1.38 bits per heavy atom. The molecule has 0 aliphatic rings. The van der Waals surface area contributed by atoms with Crippen LogP contribution in [0.5, 0.6) is 0 Å². The number of carbonyl (C=O) groups is 1. The summed E-state index contributed by atoms with van der Waals surface area (Å²) < 4.78 is 5.27. The second-order valence-electron chi connectivity index (χ2n) is 4.47. The largest absolute Gasteiger partial charge is 0.398 e. The Morgan fingerprint density at radius 3 is 2.56 bits per heavy atom. The van der Waals surface area contributed by atoms with E-state index in [-0.39, 0.29) is 11.4 Å². The second kappa shape index (κ2) is 5.12. The van der Waals surface area contributed by atoms with E-state index in [2.05, 4.69) is 0 Å². The molecule has 0 aromatic heterocycles. The van der Waals surface area contributed by atoms with Crippen molar-refractivity contribution in [2.24, 2.45) is 0 Å². The van der Waals surface area contributed by atoms with E-state index >= 15 is 0 Å². The number of carbonyl (C=O) groups excluding carboxylic acids is 1. The fraction of sp³-hybridized carbons (Fsp3) is 0.462. The summed E-state index contributed by atoms with van der Waals surface area (Å²) in [5.74, 6) is 0.0724. The van der Waals surface area contributed by atoms with E-state index in [9.17, 15) is 4.79 Å². The number of para-hydroxylation sites is 1. The highest BCUT2D eigenvalue weighted by molar-refractivity contribution is 6.00. The van der Waals surface area contributed by atoms with Crippen LogP contribution in [0.1, 0.15) is 37.0 Å². The van der Waals surface area contributed by atoms with Crippen LogP contribution in [0.3, 0.4) is 0 Å². The predicted molar refractivity (Wildman–Crippen MR) is 65.5 cm³/mol. The molecule has 0 radical (unpaired) electrons. The molecule has 1 aromatic rings. The third-order valence-electron chi connectivity index (χ3n) is 2.77. The first-order chi connectivity index (χ1) is 7.46. The first-order valence-corrected chi connectivity index (χ1v) is 5.39. The molecule has 1 aromatic carbocycles. The van der Waals surface area contributed by atoms with Crippen molar-refractivity contribution in [3.8, 4) is 0 Å². The van der Waals surface area contributed by atoms with Gasteiger partial charge in [0, 0.05) is 24.8 Å². The summed E-state index contributed by atoms with van der Waals surface area (Å²) in [5.41, 5.74) is 6.63. The van der Waals surface area contributed by atoms with Crippen molar-refractivity contribution >= 4 is 11.5 Å². The number of benzene rings is 1. The summed E-state index contributed by atoms with van der Waals surface area (Å²) in [6.45, 7) is 3.93. The summed E-state index contributed by atoms with van der Waals surface area (Å²) >= 11 is 0. The van der Waals surface area contributed by atoms with Crippen LogP contribution in [0.25, 0.3) is 0 Å². The van der Waals surface area contributed by atoms with Gasteiger partial charge in [-0.05, 0) is 32.4 Å². The number of methoxy groups -OCH3 is 1. The molecule has 88 valence electrons. The fourth-order valence-corrected chi connectivity index (χ4v) is 1.40. The van der Waals surface area contributed by atoms with Crippen LogP contribution in [-0.4, -0.2) is 18.5 Å². The average Bonchev–Trinajstić information content (AvgIpc) is 2.27. The molecule has 0 aliphatic carbocycles. The Hall–Kier alpha value is -1.35. The first kappa shape index (κ1) is 12.7. The Morgan fingerprint density at radius 2 is 2.00 bits per heavy atom. The van der Waals surface area contributed by atoms with Crippen molar-refractivity contribution in [3.05, 3.63) is 29.8 Å². The molecule has 0 aliphatic heterocycles. The fourth-order valence-electron chi connectivity index (χ4n) is 1.40. The minimum Gasteiger partial charge on any atom is -0.398 e. The van der Waals surface area contributed by atoms with Gasteiger partial charge in [-0.3, -0.25) is 4.79 Å². The van der Waals surface area contributed by atoms with Crippen LogP contribution in [-0.2, 0) is 4.74 Å². The summed E-state index contributed by atoms with van der Waals surface area (Å²) in [5, 5.41) is 0. The summed E-state index contributed by atoms with van der Waals surface area (Å²) in [7, 11) is 1.65. The average molecular weight is 221 g/mol. The third kappa shape index (κ3) is 3.35. The van der Waals surface area contributed by atoms with E-state index in [1.807, 2.05) is 26.0 Å². The second-order valence-corrected chi connectivity index (χ2v) is 4.47. The SMILES string of the molecule is COC(C)(C)CCC(=O)c1ccccc1N. The lowest BCUT2D eigenvalue weighted by molar-refractivity contribution is 0.0141. The van der Waals surface area contributed by atoms with Gasteiger partial charge in [-0.2, -0.15) is 0 Å². The normalized spacial score (nSPS) is 11.4. The molecule has 0 amide bonds. The van der Waals surface area contributed by atoms with Crippen molar-refractivity contribution in [2.75, 3.05) is 12.8 Å². The van der Waals surface area contributed by atoms with Crippen LogP contribution in [0, 0.1) is 0 Å². The van der Waals surface area contributed by atoms with Crippen LogP contribution < -0.4 is 5.73 Å². The van der Waals surface area contributed by atoms with Gasteiger partial charge in [0.15, 0.2) is 5.78 Å². The van der Waals surface area contributed by atoms with E-state index in [1.54, 1.807) is 19.2 Å². The van der Waals surface area contributed by atoms with Crippen molar-refractivity contribution in [1.82, 2.24) is 0 Å². The van der Waals surface area contributed by atoms with E-state index in [4.69, 9.17) is 10.5 Å². The molecule has 0 saturated heterocycles. The maximum atomic E-state index is 11.9. The Bertz CT molecular complexity index is 372. The van der Waals surface area contributed by atoms with Gasteiger partial charge in [0.1, 0.15) is 0 Å². The van der Waals surface area contributed by atoms with Gasteiger partial charge >= 0.3 is 0 Å². The predicted octanol–water partition coefficient (Wildman–Crippen LogP) is 2.66. The molecule has 0 spiro atoms. The van der Waals surface area contributed by atoms with Gasteiger partial charge in [0.2, 0.25) is 0 Å². The Kier molecular flexibility index (Phi) is 4.07. The standard InChI is InChI=1S/C13H19NO2/c1-13(2,16-3)9-8-12(15)10-6-4-5-7-11(10)14/h4-7H,8-9,14H2,1-3H3. The smallest absolute Gasteiger partial charge is 0.165 e. The van der Waals surface area contributed by atoms with Gasteiger partial charge in [-0.1, -0.05) is 12.1 Å². The van der Waals surface area contributed by atoms with Crippen LogP contribution >= 0.6 is 0 Å². The van der Waals surface area contributed by atoms with Crippen molar-refractivity contribution in [1.29, 1.82) is 0 Å². The van der Waals surface area contributed by atoms with Gasteiger partial charge < -0.3 is 10.5 Å². The summed E-state index contributed by atoms with van der Waals surface area (Å²) in [6.07, 6.45) is 1.14. The number of nitrogen functional groups attached to an aromatic ring is 1. The lowest BCUT2D eigenvalue weighted by Gasteiger charge is -2.22. The molecule has 3 nitrogen and oxygen atoms in total. The van der Waals surface area contributed by atoms with Crippen LogP contribution in [0.15, 0.2) is 24.3 Å². The quantitative estimate of drug-likeness (QED) is 0.614. The van der Waals surface area contributed by atoms with E-state index < -0.39 is 0 Å². The lowest BCUT2D eigenvalue weighted by atomic mass is 9.97. The molecule has 0 unspecified atom stereocenters. The van der Waals surface area contributed by atoms with Crippen LogP contribution in [0.4, 0.5) is 5.69 Å². The molecule has 0 heterocycles. The molecular formula is C13H19NO2. The molecule has 0 atom stereocenters. The number of hydrogen-bond donors (Lipinski definition) is 1. The Labute approximate surface area is 96.6 Å². The van der Waals surface area contributed by atoms with Gasteiger partial charge in [-0.15, -0.1) is 0 Å². The molecule has 16 heavy (non-hydrogen) atoms. The number of rotatable bonds is 5. The minimum absolute atomic E-state index is 0.0724. The number of ketones is 1. The van der Waals surface area contributed by atoms with E-state index in [0.29, 0.717) is 24.1 Å². The monoisotopic (exact) mass is 221 g/mol. The molecular weight excluding hydrogens is 202 g/mol. The Balaban J connectivity index is 2.64. The number of anilines is 1. The molecule has 0 saturated carbocycles. The minimum atomic E-state index is -0.265. The maximum absolute atomic E-state index is 11.9. The van der Waals surface area contributed by atoms with E-state index in [0.717, 1.165) is 0 Å². The highest BCUT2D eigenvalue weighted by Gasteiger charge is 2.19. The zero-order chi connectivity index (χ0) is 12.2.